The molecule has 0 N–H and O–H groups in total. The molecule has 1 unspecified atom stereocenters. The normalized spacial score (nSPS) is 19.5. The average Bonchev–Trinajstić information content (AvgIpc) is 3.10. The molecule has 2 aromatic rings. The molecule has 0 aromatic carbocycles. The van der Waals surface area contributed by atoms with Gasteiger partial charge in [-0.3, -0.25) is 4.98 Å². The van der Waals surface area contributed by atoms with E-state index in [0.717, 1.165) is 24.8 Å². The van der Waals surface area contributed by atoms with E-state index < -0.39 is 10.0 Å². The van der Waals surface area contributed by atoms with Crippen LogP contribution in [-0.2, 0) is 16.4 Å². The van der Waals surface area contributed by atoms with Crippen molar-refractivity contribution in [3.8, 4) is 11.5 Å². The Hall–Kier alpha value is -1.80. The molecule has 2 aromatic heterocycles. The Morgan fingerprint density at radius 1 is 1.33 bits per heavy atom. The minimum absolute atomic E-state index is 0.167. The molecule has 8 heteroatoms. The Morgan fingerprint density at radius 3 is 2.88 bits per heavy atom. The number of piperidine rings is 1. The van der Waals surface area contributed by atoms with Gasteiger partial charge in [0.1, 0.15) is 0 Å². The SMILES string of the molecule is CCS(=O)(=O)N1CCCC(CCc2noc(-c3ccncc3)n2)C1. The zero-order chi connectivity index (χ0) is 17.0. The van der Waals surface area contributed by atoms with Crippen molar-refractivity contribution in [2.45, 2.75) is 32.6 Å². The van der Waals surface area contributed by atoms with Gasteiger partial charge in [-0.2, -0.15) is 4.98 Å². The van der Waals surface area contributed by atoms with Crippen molar-refractivity contribution in [1.29, 1.82) is 0 Å². The van der Waals surface area contributed by atoms with E-state index in [1.807, 2.05) is 12.1 Å². The second-order valence-corrected chi connectivity index (χ2v) is 8.31. The number of aromatic nitrogens is 3. The zero-order valence-electron chi connectivity index (χ0n) is 13.8. The molecule has 7 nitrogen and oxygen atoms in total. The van der Waals surface area contributed by atoms with Crippen LogP contribution in [0.1, 0.15) is 32.0 Å². The van der Waals surface area contributed by atoms with Crippen molar-refractivity contribution in [2.24, 2.45) is 5.92 Å². The van der Waals surface area contributed by atoms with Crippen molar-refractivity contribution in [3.63, 3.8) is 0 Å². The molecular formula is C16H22N4O3S. The van der Waals surface area contributed by atoms with Crippen LogP contribution >= 0.6 is 0 Å². The van der Waals surface area contributed by atoms with E-state index in [0.29, 0.717) is 37.1 Å². The number of hydrogen-bond acceptors (Lipinski definition) is 6. The van der Waals surface area contributed by atoms with E-state index in [9.17, 15) is 8.42 Å². The zero-order valence-corrected chi connectivity index (χ0v) is 14.6. The van der Waals surface area contributed by atoms with Gasteiger partial charge in [0.2, 0.25) is 10.0 Å². The van der Waals surface area contributed by atoms with Gasteiger partial charge in [0.25, 0.3) is 5.89 Å². The van der Waals surface area contributed by atoms with Gasteiger partial charge >= 0.3 is 0 Å². The summed E-state index contributed by atoms with van der Waals surface area (Å²) in [5.74, 6) is 1.67. The molecule has 3 rings (SSSR count). The molecule has 0 radical (unpaired) electrons. The fourth-order valence-corrected chi connectivity index (χ4v) is 4.21. The van der Waals surface area contributed by atoms with Gasteiger partial charge in [-0.15, -0.1) is 0 Å². The fourth-order valence-electron chi connectivity index (χ4n) is 3.00. The molecule has 3 heterocycles. The van der Waals surface area contributed by atoms with Gasteiger partial charge in [0.05, 0.1) is 5.75 Å². The summed E-state index contributed by atoms with van der Waals surface area (Å²) >= 11 is 0. The Kier molecular flexibility index (Phi) is 5.25. The predicted molar refractivity (Wildman–Crippen MR) is 89.6 cm³/mol. The second kappa shape index (κ2) is 7.40. The van der Waals surface area contributed by atoms with Gasteiger partial charge in [-0.05, 0) is 44.2 Å². The number of nitrogens with zero attached hydrogens (tertiary/aromatic N) is 4. The molecule has 1 saturated heterocycles. The molecule has 0 bridgehead atoms. The third kappa shape index (κ3) is 3.99. The Morgan fingerprint density at radius 2 is 2.12 bits per heavy atom. The monoisotopic (exact) mass is 350 g/mol. The fraction of sp³-hybridized carbons (Fsp3) is 0.562. The summed E-state index contributed by atoms with van der Waals surface area (Å²) in [5.41, 5.74) is 0.849. The molecule has 1 fully saturated rings. The van der Waals surface area contributed by atoms with Crippen LogP contribution < -0.4 is 0 Å². The van der Waals surface area contributed by atoms with Crippen LogP contribution in [0.15, 0.2) is 29.0 Å². The molecule has 0 saturated carbocycles. The summed E-state index contributed by atoms with van der Waals surface area (Å²) in [7, 11) is -3.09. The maximum absolute atomic E-state index is 12.0. The summed E-state index contributed by atoms with van der Waals surface area (Å²) in [6, 6.07) is 3.65. The lowest BCUT2D eigenvalue weighted by atomic mass is 9.94. The largest absolute Gasteiger partial charge is 0.334 e. The van der Waals surface area contributed by atoms with Crippen LogP contribution in [0.5, 0.6) is 0 Å². The lowest BCUT2D eigenvalue weighted by molar-refractivity contribution is 0.255. The smallest absolute Gasteiger partial charge is 0.258 e. The van der Waals surface area contributed by atoms with Gasteiger partial charge in [-0.1, -0.05) is 5.16 Å². The summed E-state index contributed by atoms with van der Waals surface area (Å²) in [6.45, 7) is 2.94. The summed E-state index contributed by atoms with van der Waals surface area (Å²) in [5, 5.41) is 4.02. The van der Waals surface area contributed by atoms with Gasteiger partial charge in [0.15, 0.2) is 5.82 Å². The number of pyridine rings is 1. The van der Waals surface area contributed by atoms with E-state index in [1.54, 1.807) is 23.6 Å². The highest BCUT2D eigenvalue weighted by Gasteiger charge is 2.27. The highest BCUT2D eigenvalue weighted by atomic mass is 32.2. The number of rotatable bonds is 6. The minimum Gasteiger partial charge on any atom is -0.334 e. The van der Waals surface area contributed by atoms with Crippen LogP contribution in [0.2, 0.25) is 0 Å². The Labute approximate surface area is 142 Å². The first-order valence-electron chi connectivity index (χ1n) is 8.29. The van der Waals surface area contributed by atoms with Crippen LogP contribution in [0.4, 0.5) is 0 Å². The maximum atomic E-state index is 12.0. The first kappa shape index (κ1) is 17.0. The molecule has 130 valence electrons. The van der Waals surface area contributed by atoms with Crippen LogP contribution in [0, 0.1) is 5.92 Å². The molecule has 1 atom stereocenters. The van der Waals surface area contributed by atoms with Crippen LogP contribution in [0.25, 0.3) is 11.5 Å². The van der Waals surface area contributed by atoms with Crippen molar-refractivity contribution in [1.82, 2.24) is 19.4 Å². The Balaban J connectivity index is 1.57. The third-order valence-corrected chi connectivity index (χ3v) is 6.26. The summed E-state index contributed by atoms with van der Waals surface area (Å²) < 4.78 is 30.9. The molecule has 0 aliphatic carbocycles. The number of aryl methyl sites for hydroxylation is 1. The van der Waals surface area contributed by atoms with Crippen molar-refractivity contribution < 1.29 is 12.9 Å². The molecule has 1 aliphatic heterocycles. The van der Waals surface area contributed by atoms with Crippen molar-refractivity contribution in [3.05, 3.63) is 30.4 Å². The molecule has 0 spiro atoms. The van der Waals surface area contributed by atoms with E-state index in [4.69, 9.17) is 4.52 Å². The standard InChI is InChI=1S/C16H22N4O3S/c1-2-24(21,22)20-11-3-4-13(12-20)5-6-15-18-16(23-19-15)14-7-9-17-10-8-14/h7-10,13H,2-6,11-12H2,1H3. The van der Waals surface area contributed by atoms with Gasteiger partial charge < -0.3 is 4.52 Å². The highest BCUT2D eigenvalue weighted by Crippen LogP contribution is 2.24. The average molecular weight is 350 g/mol. The Bertz CT molecular complexity index is 761. The summed E-state index contributed by atoms with van der Waals surface area (Å²) in [4.78, 5) is 8.38. The van der Waals surface area contributed by atoms with E-state index in [2.05, 4.69) is 15.1 Å². The second-order valence-electron chi connectivity index (χ2n) is 6.06. The molecule has 1 aliphatic rings. The maximum Gasteiger partial charge on any atom is 0.258 e. The van der Waals surface area contributed by atoms with Crippen LogP contribution in [0.3, 0.4) is 0 Å². The topological polar surface area (TPSA) is 89.2 Å². The third-order valence-electron chi connectivity index (χ3n) is 4.41. The number of sulfonamides is 1. The van der Waals surface area contributed by atoms with E-state index in [1.165, 1.54) is 0 Å². The quantitative estimate of drug-likeness (QED) is 0.793. The molecule has 0 amide bonds. The predicted octanol–water partition coefficient (Wildman–Crippen LogP) is 2.13. The summed E-state index contributed by atoms with van der Waals surface area (Å²) in [6.07, 6.45) is 6.89. The van der Waals surface area contributed by atoms with Gasteiger partial charge in [0, 0.05) is 37.5 Å². The molecule has 24 heavy (non-hydrogen) atoms. The van der Waals surface area contributed by atoms with Crippen LogP contribution in [-0.4, -0.2) is 46.7 Å². The van der Waals surface area contributed by atoms with E-state index >= 15 is 0 Å². The van der Waals surface area contributed by atoms with E-state index in [-0.39, 0.29) is 5.75 Å². The lowest BCUT2D eigenvalue weighted by Crippen LogP contribution is -2.40. The van der Waals surface area contributed by atoms with Gasteiger partial charge in [-0.25, -0.2) is 12.7 Å². The highest BCUT2D eigenvalue weighted by molar-refractivity contribution is 7.89. The van der Waals surface area contributed by atoms with Crippen molar-refractivity contribution in [2.75, 3.05) is 18.8 Å². The first-order chi connectivity index (χ1) is 11.6. The minimum atomic E-state index is -3.09. The molecular weight excluding hydrogens is 328 g/mol. The lowest BCUT2D eigenvalue weighted by Gasteiger charge is -2.31. The first-order valence-corrected chi connectivity index (χ1v) is 9.90. The van der Waals surface area contributed by atoms with Crippen molar-refractivity contribution >= 4 is 10.0 Å². The number of hydrogen-bond donors (Lipinski definition) is 0.